The van der Waals surface area contributed by atoms with Crippen molar-refractivity contribution in [2.24, 2.45) is 0 Å². The van der Waals surface area contributed by atoms with Crippen molar-refractivity contribution in [2.45, 2.75) is 6.10 Å². The molecule has 1 N–H and O–H groups in total. The number of halogens is 2. The summed E-state index contributed by atoms with van der Waals surface area (Å²) >= 11 is 11.4. The Morgan fingerprint density at radius 1 is 1.42 bits per heavy atom. The summed E-state index contributed by atoms with van der Waals surface area (Å²) in [7, 11) is 0. The molecule has 0 aliphatic rings. The topological polar surface area (TPSA) is 44.0 Å². The third kappa shape index (κ3) is 1.70. The van der Waals surface area contributed by atoms with Gasteiger partial charge in [0.25, 0.3) is 0 Å². The van der Waals surface area contributed by atoms with Gasteiger partial charge in [0.1, 0.15) is 0 Å². The molecule has 0 saturated carbocycles. The van der Waals surface area contributed by atoms with Crippen LogP contribution >= 0.6 is 23.2 Å². The van der Waals surface area contributed by atoms with Gasteiger partial charge in [-0.15, -0.1) is 0 Å². The van der Waals surface area contributed by atoms with Gasteiger partial charge in [-0.1, -0.05) is 35.3 Å². The molecule has 0 aliphatic heterocycles. The van der Waals surface area contributed by atoms with E-state index in [4.69, 9.17) is 33.6 Å². The van der Waals surface area contributed by atoms with Gasteiger partial charge >= 0.3 is 0 Å². The van der Waals surface area contributed by atoms with Crippen LogP contribution in [0.2, 0.25) is 10.0 Å². The van der Waals surface area contributed by atoms with Crippen molar-refractivity contribution in [3.05, 3.63) is 33.8 Å². The van der Waals surface area contributed by atoms with Crippen LogP contribution in [0.15, 0.2) is 18.2 Å². The molecule has 0 heterocycles. The summed E-state index contributed by atoms with van der Waals surface area (Å²) in [5.41, 5.74) is 0.340. The number of hydrogen-bond acceptors (Lipinski definition) is 2. The normalized spacial score (nSPS) is 12.2. The third-order valence-electron chi connectivity index (χ3n) is 1.40. The van der Waals surface area contributed by atoms with Gasteiger partial charge in [-0.25, -0.2) is 0 Å². The van der Waals surface area contributed by atoms with Gasteiger partial charge < -0.3 is 5.11 Å². The van der Waals surface area contributed by atoms with E-state index in [-0.39, 0.29) is 5.02 Å². The summed E-state index contributed by atoms with van der Waals surface area (Å²) in [6.07, 6.45) is -1.21. The van der Waals surface area contributed by atoms with E-state index >= 15 is 0 Å². The number of nitrogens with zero attached hydrogens (tertiary/aromatic N) is 1. The lowest BCUT2D eigenvalue weighted by atomic mass is 10.1. The smallest absolute Gasteiger partial charge is 0.167 e. The Bertz CT molecular complexity index is 332. The highest BCUT2D eigenvalue weighted by atomic mass is 35.5. The molecular weight excluding hydrogens is 197 g/mol. The lowest BCUT2D eigenvalue weighted by molar-refractivity contribution is 0.236. The predicted octanol–water partition coefficient (Wildman–Crippen LogP) is 2.55. The molecule has 0 fully saturated rings. The zero-order valence-corrected chi connectivity index (χ0v) is 7.47. The fourth-order valence-electron chi connectivity index (χ4n) is 0.801. The van der Waals surface area contributed by atoms with Crippen LogP contribution in [0.5, 0.6) is 0 Å². The number of hydrogen-bond donors (Lipinski definition) is 1. The molecular formula is C8H5Cl2NO. The molecule has 62 valence electrons. The molecule has 12 heavy (non-hydrogen) atoms. The Balaban J connectivity index is 3.18. The first-order valence-electron chi connectivity index (χ1n) is 3.18. The molecule has 1 aromatic carbocycles. The fraction of sp³-hybridized carbons (Fsp3) is 0.125. The average molecular weight is 202 g/mol. The van der Waals surface area contributed by atoms with E-state index in [1.807, 2.05) is 0 Å². The molecule has 2 nitrogen and oxygen atoms in total. The summed E-state index contributed by atoms with van der Waals surface area (Å²) in [6.45, 7) is 0. The van der Waals surface area contributed by atoms with Gasteiger partial charge in [-0.2, -0.15) is 5.26 Å². The van der Waals surface area contributed by atoms with Crippen molar-refractivity contribution in [1.29, 1.82) is 5.26 Å². The van der Waals surface area contributed by atoms with E-state index in [1.54, 1.807) is 24.3 Å². The number of nitriles is 1. The van der Waals surface area contributed by atoms with Crippen LogP contribution in [0.25, 0.3) is 0 Å². The van der Waals surface area contributed by atoms with Gasteiger partial charge in [-0.05, 0) is 6.07 Å². The second kappa shape index (κ2) is 3.77. The molecule has 1 unspecified atom stereocenters. The maximum Gasteiger partial charge on any atom is 0.167 e. The Kier molecular flexibility index (Phi) is 2.93. The SMILES string of the molecule is N#CC(O)c1cccc(Cl)c1Cl. The quantitative estimate of drug-likeness (QED) is 0.711. The Morgan fingerprint density at radius 2 is 2.08 bits per heavy atom. The van der Waals surface area contributed by atoms with Crippen molar-refractivity contribution < 1.29 is 5.11 Å². The van der Waals surface area contributed by atoms with E-state index in [2.05, 4.69) is 0 Å². The zero-order valence-electron chi connectivity index (χ0n) is 5.96. The highest BCUT2D eigenvalue weighted by Gasteiger charge is 2.11. The molecule has 4 heteroatoms. The summed E-state index contributed by atoms with van der Waals surface area (Å²) in [6, 6.07) is 6.44. The molecule has 0 spiro atoms. The molecule has 1 aromatic rings. The molecule has 0 aliphatic carbocycles. The van der Waals surface area contributed by atoms with Crippen LogP contribution in [0, 0.1) is 11.3 Å². The van der Waals surface area contributed by atoms with E-state index in [9.17, 15) is 0 Å². The standard InChI is InChI=1S/C8H5Cl2NO/c9-6-3-1-2-5(8(6)10)7(12)4-11/h1-3,7,12H. The van der Waals surface area contributed by atoms with Crippen LogP contribution in [-0.2, 0) is 0 Å². The molecule has 0 aromatic heterocycles. The van der Waals surface area contributed by atoms with Gasteiger partial charge in [0, 0.05) is 5.56 Å². The van der Waals surface area contributed by atoms with Crippen molar-refractivity contribution in [2.75, 3.05) is 0 Å². The molecule has 1 atom stereocenters. The average Bonchev–Trinajstić information content (AvgIpc) is 2.08. The highest BCUT2D eigenvalue weighted by molar-refractivity contribution is 6.42. The second-order valence-corrected chi connectivity index (χ2v) is 2.96. The van der Waals surface area contributed by atoms with Crippen LogP contribution in [0.1, 0.15) is 11.7 Å². The lowest BCUT2D eigenvalue weighted by Crippen LogP contribution is -1.94. The predicted molar refractivity (Wildman–Crippen MR) is 47.0 cm³/mol. The summed E-state index contributed by atoms with van der Waals surface area (Å²) in [4.78, 5) is 0. The summed E-state index contributed by atoms with van der Waals surface area (Å²) in [5.74, 6) is 0. The first-order chi connectivity index (χ1) is 5.66. The monoisotopic (exact) mass is 201 g/mol. The fourth-order valence-corrected chi connectivity index (χ4v) is 1.21. The molecule has 0 bridgehead atoms. The van der Waals surface area contributed by atoms with Gasteiger partial charge in [0.05, 0.1) is 16.1 Å². The molecule has 0 saturated heterocycles. The minimum Gasteiger partial charge on any atom is -0.374 e. The van der Waals surface area contributed by atoms with Crippen molar-refractivity contribution >= 4 is 23.2 Å². The molecule has 0 radical (unpaired) electrons. The van der Waals surface area contributed by atoms with E-state index in [0.29, 0.717) is 10.6 Å². The van der Waals surface area contributed by atoms with Gasteiger partial charge in [-0.3, -0.25) is 0 Å². The van der Waals surface area contributed by atoms with E-state index in [1.165, 1.54) is 0 Å². The van der Waals surface area contributed by atoms with Gasteiger partial charge in [0.2, 0.25) is 0 Å². The number of rotatable bonds is 1. The number of aliphatic hydroxyl groups is 1. The number of benzene rings is 1. The first kappa shape index (κ1) is 9.34. The minimum atomic E-state index is -1.21. The van der Waals surface area contributed by atoms with Crippen molar-refractivity contribution in [1.82, 2.24) is 0 Å². The Labute approximate surface area is 80.0 Å². The largest absolute Gasteiger partial charge is 0.374 e. The maximum atomic E-state index is 9.13. The summed E-state index contributed by atoms with van der Waals surface area (Å²) in [5, 5.41) is 18.1. The highest BCUT2D eigenvalue weighted by Crippen LogP contribution is 2.29. The lowest BCUT2D eigenvalue weighted by Gasteiger charge is -2.05. The van der Waals surface area contributed by atoms with Gasteiger partial charge in [0.15, 0.2) is 6.10 Å². The third-order valence-corrected chi connectivity index (χ3v) is 2.23. The Hall–Kier alpha value is -0.750. The summed E-state index contributed by atoms with van der Waals surface area (Å²) < 4.78 is 0. The van der Waals surface area contributed by atoms with Crippen molar-refractivity contribution in [3.8, 4) is 6.07 Å². The van der Waals surface area contributed by atoms with E-state index < -0.39 is 6.10 Å². The second-order valence-electron chi connectivity index (χ2n) is 2.17. The first-order valence-corrected chi connectivity index (χ1v) is 3.94. The number of aliphatic hydroxyl groups excluding tert-OH is 1. The van der Waals surface area contributed by atoms with Crippen LogP contribution in [0.4, 0.5) is 0 Å². The van der Waals surface area contributed by atoms with Crippen LogP contribution in [-0.4, -0.2) is 5.11 Å². The molecule has 0 amide bonds. The minimum absolute atomic E-state index is 0.230. The molecule has 1 rings (SSSR count). The van der Waals surface area contributed by atoms with E-state index in [0.717, 1.165) is 0 Å². The maximum absolute atomic E-state index is 9.13. The van der Waals surface area contributed by atoms with Crippen LogP contribution in [0.3, 0.4) is 0 Å². The Morgan fingerprint density at radius 3 is 2.67 bits per heavy atom. The van der Waals surface area contributed by atoms with Crippen molar-refractivity contribution in [3.63, 3.8) is 0 Å². The van der Waals surface area contributed by atoms with Crippen LogP contribution < -0.4 is 0 Å². The zero-order chi connectivity index (χ0) is 9.14.